The molecule has 28 heavy (non-hydrogen) atoms. The Morgan fingerprint density at radius 3 is 2.43 bits per heavy atom. The number of aryl methyl sites for hydroxylation is 1. The molecule has 7 heteroatoms. The first-order valence-corrected chi connectivity index (χ1v) is 12.3. The van der Waals surface area contributed by atoms with E-state index < -0.39 is 10.0 Å². The van der Waals surface area contributed by atoms with Gasteiger partial charge < -0.3 is 0 Å². The Kier molecular flexibility index (Phi) is 9.08. The van der Waals surface area contributed by atoms with E-state index in [9.17, 15) is 13.2 Å². The van der Waals surface area contributed by atoms with Gasteiger partial charge in [-0.05, 0) is 43.0 Å². The Hall–Kier alpha value is -1.28. The highest BCUT2D eigenvalue weighted by Crippen LogP contribution is 2.19. The zero-order valence-corrected chi connectivity index (χ0v) is 18.8. The maximum absolute atomic E-state index is 13.1. The monoisotopic (exact) mass is 437 g/mol. The van der Waals surface area contributed by atoms with Crippen LogP contribution in [0.3, 0.4) is 0 Å². The van der Waals surface area contributed by atoms with Crippen LogP contribution < -0.4 is 0 Å². The molecule has 0 saturated heterocycles. The summed E-state index contributed by atoms with van der Waals surface area (Å²) in [5.74, 6) is 0.523. The molecule has 0 aliphatic heterocycles. The fourth-order valence-corrected chi connectivity index (χ4v) is 5.62. The van der Waals surface area contributed by atoms with Crippen LogP contribution in [0.1, 0.15) is 31.4 Å². The van der Waals surface area contributed by atoms with Crippen LogP contribution in [0.25, 0.3) is 0 Å². The van der Waals surface area contributed by atoms with E-state index in [0.29, 0.717) is 25.1 Å². The molecule has 0 spiro atoms. The van der Waals surface area contributed by atoms with Crippen molar-refractivity contribution >= 4 is 39.5 Å². The number of rotatable bonds is 10. The molecule has 0 aromatic heterocycles. The van der Waals surface area contributed by atoms with Crippen LogP contribution in [0.2, 0.25) is 0 Å². The smallest absolute Gasteiger partial charge is 0.214 e. The van der Waals surface area contributed by atoms with E-state index in [1.54, 1.807) is 0 Å². The summed E-state index contributed by atoms with van der Waals surface area (Å²) in [6.45, 7) is 3.68. The largest absolute Gasteiger partial charge is 0.288 e. The van der Waals surface area contributed by atoms with E-state index >= 15 is 0 Å². The quantitative estimate of drug-likeness (QED) is 0.560. The fraction of sp³-hybridized carbons (Fsp3) is 0.381. The maximum atomic E-state index is 13.1. The van der Waals surface area contributed by atoms with Crippen LogP contribution in [0.15, 0.2) is 59.5 Å². The summed E-state index contributed by atoms with van der Waals surface area (Å²) in [5.41, 5.74) is 2.02. The van der Waals surface area contributed by atoms with Gasteiger partial charge in [0.15, 0.2) is 5.12 Å². The lowest BCUT2D eigenvalue weighted by molar-refractivity contribution is -0.109. The Bertz CT molecular complexity index is 869. The van der Waals surface area contributed by atoms with Gasteiger partial charge in [-0.1, -0.05) is 54.2 Å². The average molecular weight is 438 g/mol. The second-order valence-electron chi connectivity index (χ2n) is 6.77. The van der Waals surface area contributed by atoms with Crippen molar-refractivity contribution in [1.82, 2.24) is 4.31 Å². The Balaban J connectivity index is 2.08. The highest BCUT2D eigenvalue weighted by atomic mass is 32.2. The van der Waals surface area contributed by atoms with Crippen molar-refractivity contribution < 1.29 is 13.2 Å². The molecule has 1 atom stereocenters. The van der Waals surface area contributed by atoms with Gasteiger partial charge in [0.25, 0.3) is 0 Å². The van der Waals surface area contributed by atoms with Crippen LogP contribution >= 0.6 is 24.4 Å². The maximum Gasteiger partial charge on any atom is 0.214 e. The molecule has 0 unspecified atom stereocenters. The van der Waals surface area contributed by atoms with Gasteiger partial charge in [0.05, 0.1) is 5.75 Å². The summed E-state index contributed by atoms with van der Waals surface area (Å²) in [5, 5.41) is -0.00412. The minimum Gasteiger partial charge on any atom is -0.288 e. The zero-order chi connectivity index (χ0) is 20.6. The SMILES string of the molecule is CC(=O)SC[C@@H](C)N(Cc1ccccc1)S(=O)(=O)CCCc1cccc(S)c1. The summed E-state index contributed by atoms with van der Waals surface area (Å²) in [6, 6.07) is 17.1. The van der Waals surface area contributed by atoms with E-state index in [0.717, 1.165) is 27.8 Å². The summed E-state index contributed by atoms with van der Waals surface area (Å²) in [7, 11) is -3.46. The summed E-state index contributed by atoms with van der Waals surface area (Å²) in [4.78, 5) is 12.2. The molecule has 0 fully saturated rings. The van der Waals surface area contributed by atoms with Gasteiger partial charge in [0.1, 0.15) is 0 Å². The minimum atomic E-state index is -3.46. The number of sulfonamides is 1. The molecule has 0 saturated carbocycles. The number of nitrogens with zero attached hydrogens (tertiary/aromatic N) is 1. The van der Waals surface area contributed by atoms with Crippen molar-refractivity contribution in [3.8, 4) is 0 Å². The predicted molar refractivity (Wildman–Crippen MR) is 120 cm³/mol. The number of carbonyl (C=O) groups excluding carboxylic acids is 1. The van der Waals surface area contributed by atoms with Crippen LogP contribution in [-0.4, -0.2) is 35.4 Å². The normalized spacial score (nSPS) is 12.9. The lowest BCUT2D eigenvalue weighted by Crippen LogP contribution is -2.41. The molecule has 0 bridgehead atoms. The molecule has 0 amide bonds. The van der Waals surface area contributed by atoms with E-state index in [-0.39, 0.29) is 16.9 Å². The molecule has 2 rings (SSSR count). The molecule has 2 aromatic carbocycles. The van der Waals surface area contributed by atoms with Crippen molar-refractivity contribution in [2.75, 3.05) is 11.5 Å². The molecular formula is C21H27NO3S3. The third kappa shape index (κ3) is 7.62. The highest BCUT2D eigenvalue weighted by Gasteiger charge is 2.27. The van der Waals surface area contributed by atoms with E-state index in [1.807, 2.05) is 61.5 Å². The lowest BCUT2D eigenvalue weighted by atomic mass is 10.1. The Morgan fingerprint density at radius 1 is 1.11 bits per heavy atom. The Morgan fingerprint density at radius 2 is 1.79 bits per heavy atom. The first-order valence-electron chi connectivity index (χ1n) is 9.22. The molecule has 0 aliphatic carbocycles. The number of thiol groups is 1. The van der Waals surface area contributed by atoms with Gasteiger partial charge in [-0.2, -0.15) is 4.31 Å². The zero-order valence-electron chi connectivity index (χ0n) is 16.2. The number of hydrogen-bond donors (Lipinski definition) is 1. The molecular weight excluding hydrogens is 410 g/mol. The molecule has 0 aliphatic rings. The summed E-state index contributed by atoms with van der Waals surface area (Å²) >= 11 is 5.49. The standard InChI is InChI=1S/C21H27NO3S3/c1-17(16-27-18(2)23)22(15-20-8-4-3-5-9-20)28(24,25)13-7-11-19-10-6-12-21(26)14-19/h3-6,8-10,12,14,17,26H,7,11,13,15-16H2,1-2H3/t17-/m1/s1. The average Bonchev–Trinajstić information content (AvgIpc) is 2.65. The van der Waals surface area contributed by atoms with Crippen molar-refractivity contribution in [3.05, 3.63) is 65.7 Å². The summed E-state index contributed by atoms with van der Waals surface area (Å²) < 4.78 is 27.7. The van der Waals surface area contributed by atoms with Crippen molar-refractivity contribution in [2.45, 2.75) is 44.2 Å². The van der Waals surface area contributed by atoms with Crippen LogP contribution in [-0.2, 0) is 27.8 Å². The van der Waals surface area contributed by atoms with Crippen LogP contribution in [0.4, 0.5) is 0 Å². The molecule has 0 radical (unpaired) electrons. The van der Waals surface area contributed by atoms with Gasteiger partial charge in [-0.25, -0.2) is 8.42 Å². The van der Waals surface area contributed by atoms with E-state index in [4.69, 9.17) is 0 Å². The number of hydrogen-bond acceptors (Lipinski definition) is 5. The van der Waals surface area contributed by atoms with Crippen LogP contribution in [0, 0.1) is 0 Å². The Labute approximate surface area is 178 Å². The first kappa shape index (κ1) is 23.0. The topological polar surface area (TPSA) is 54.5 Å². The van der Waals surface area contributed by atoms with Gasteiger partial charge in [0, 0.05) is 30.2 Å². The molecule has 0 N–H and O–H groups in total. The lowest BCUT2D eigenvalue weighted by Gasteiger charge is -2.28. The number of thioether (sulfide) groups is 1. The van der Waals surface area contributed by atoms with Gasteiger partial charge in [-0.15, -0.1) is 12.6 Å². The van der Waals surface area contributed by atoms with Gasteiger partial charge in [-0.3, -0.25) is 4.79 Å². The van der Waals surface area contributed by atoms with Gasteiger partial charge in [0.2, 0.25) is 10.0 Å². The van der Waals surface area contributed by atoms with E-state index in [2.05, 4.69) is 12.6 Å². The minimum absolute atomic E-state index is 0.00412. The summed E-state index contributed by atoms with van der Waals surface area (Å²) in [6.07, 6.45) is 1.22. The molecule has 2 aromatic rings. The number of benzene rings is 2. The molecule has 152 valence electrons. The second-order valence-corrected chi connectivity index (χ2v) is 10.5. The van der Waals surface area contributed by atoms with Crippen molar-refractivity contribution in [1.29, 1.82) is 0 Å². The number of carbonyl (C=O) groups is 1. The first-order chi connectivity index (χ1) is 13.3. The van der Waals surface area contributed by atoms with Crippen molar-refractivity contribution in [2.24, 2.45) is 0 Å². The van der Waals surface area contributed by atoms with Crippen molar-refractivity contribution in [3.63, 3.8) is 0 Å². The molecule has 0 heterocycles. The fourth-order valence-electron chi connectivity index (χ4n) is 2.90. The van der Waals surface area contributed by atoms with Crippen LogP contribution in [0.5, 0.6) is 0 Å². The predicted octanol–water partition coefficient (Wildman–Crippen LogP) is 4.41. The van der Waals surface area contributed by atoms with E-state index in [1.165, 1.54) is 11.2 Å². The van der Waals surface area contributed by atoms with Gasteiger partial charge >= 0.3 is 0 Å². The molecule has 4 nitrogen and oxygen atoms in total. The third-order valence-electron chi connectivity index (χ3n) is 4.34. The second kappa shape index (κ2) is 11.0. The highest BCUT2D eigenvalue weighted by molar-refractivity contribution is 8.13. The third-order valence-corrected chi connectivity index (χ3v) is 7.68.